The van der Waals surface area contributed by atoms with E-state index in [-0.39, 0.29) is 5.91 Å². The standard InChI is InChI=1S/C22H26N6O2/c1-17-23-20(15-21(24-17)26-10-12-30-13-11-26)25-6-8-27(9-7-25)22(29)18-14-19-4-2-3-5-28(19)16-18/h2-5,14-16H,6-13H2,1H3. The van der Waals surface area contributed by atoms with E-state index in [1.54, 1.807) is 0 Å². The minimum Gasteiger partial charge on any atom is -0.378 e. The highest BCUT2D eigenvalue weighted by molar-refractivity contribution is 5.95. The number of carbonyl (C=O) groups excluding carboxylic acids is 1. The van der Waals surface area contributed by atoms with E-state index in [2.05, 4.69) is 25.8 Å². The van der Waals surface area contributed by atoms with E-state index in [0.717, 1.165) is 67.9 Å². The molecule has 0 aliphatic carbocycles. The average Bonchev–Trinajstić information content (AvgIpc) is 3.23. The molecule has 8 nitrogen and oxygen atoms in total. The lowest BCUT2D eigenvalue weighted by Crippen LogP contribution is -2.49. The van der Waals surface area contributed by atoms with Crippen LogP contribution in [0.5, 0.6) is 0 Å². The summed E-state index contributed by atoms with van der Waals surface area (Å²) in [6, 6.07) is 9.98. The molecule has 0 saturated carbocycles. The summed E-state index contributed by atoms with van der Waals surface area (Å²) < 4.78 is 7.44. The first kappa shape index (κ1) is 18.9. The number of pyridine rings is 1. The van der Waals surface area contributed by atoms with Gasteiger partial charge in [0.2, 0.25) is 0 Å². The fraction of sp³-hybridized carbons (Fsp3) is 0.409. The molecule has 5 rings (SSSR count). The number of morpholine rings is 1. The lowest BCUT2D eigenvalue weighted by Gasteiger charge is -2.36. The van der Waals surface area contributed by atoms with Gasteiger partial charge in [-0.2, -0.15) is 0 Å². The van der Waals surface area contributed by atoms with Gasteiger partial charge >= 0.3 is 0 Å². The Bertz CT molecular complexity index is 1020. The lowest BCUT2D eigenvalue weighted by atomic mass is 10.2. The molecule has 0 radical (unpaired) electrons. The van der Waals surface area contributed by atoms with Gasteiger partial charge < -0.3 is 23.8 Å². The van der Waals surface area contributed by atoms with Crippen molar-refractivity contribution in [1.82, 2.24) is 19.3 Å². The molecule has 2 saturated heterocycles. The van der Waals surface area contributed by atoms with Crippen LogP contribution in [-0.2, 0) is 4.74 Å². The Morgan fingerprint density at radius 2 is 1.63 bits per heavy atom. The molecule has 1 amide bonds. The van der Waals surface area contributed by atoms with Gasteiger partial charge in [-0.1, -0.05) is 6.07 Å². The maximum atomic E-state index is 13.0. The van der Waals surface area contributed by atoms with E-state index in [1.807, 2.05) is 52.9 Å². The second-order valence-electron chi connectivity index (χ2n) is 7.77. The highest BCUT2D eigenvalue weighted by Gasteiger charge is 2.25. The van der Waals surface area contributed by atoms with Crippen LogP contribution < -0.4 is 9.80 Å². The Balaban J connectivity index is 1.27. The van der Waals surface area contributed by atoms with Crippen LogP contribution in [0.15, 0.2) is 42.7 Å². The van der Waals surface area contributed by atoms with Crippen LogP contribution in [-0.4, -0.2) is 77.7 Å². The molecule has 30 heavy (non-hydrogen) atoms. The quantitative estimate of drug-likeness (QED) is 0.661. The van der Waals surface area contributed by atoms with Crippen LogP contribution in [0.3, 0.4) is 0 Å². The van der Waals surface area contributed by atoms with Gasteiger partial charge in [0.15, 0.2) is 0 Å². The van der Waals surface area contributed by atoms with Crippen molar-refractivity contribution in [2.75, 3.05) is 62.3 Å². The number of nitrogens with zero attached hydrogens (tertiary/aromatic N) is 6. The molecule has 0 unspecified atom stereocenters. The monoisotopic (exact) mass is 406 g/mol. The third-order valence-corrected chi connectivity index (χ3v) is 5.79. The molecule has 3 aromatic heterocycles. The largest absolute Gasteiger partial charge is 0.378 e. The molecule has 2 aliphatic rings. The molecule has 0 bridgehead atoms. The molecule has 0 atom stereocenters. The number of carbonyl (C=O) groups is 1. The smallest absolute Gasteiger partial charge is 0.255 e. The topological polar surface area (TPSA) is 66.2 Å². The van der Waals surface area contributed by atoms with Gasteiger partial charge in [0, 0.05) is 63.2 Å². The first-order valence-electron chi connectivity index (χ1n) is 10.5. The maximum Gasteiger partial charge on any atom is 0.255 e. The Labute approximate surface area is 175 Å². The molecule has 0 aromatic carbocycles. The summed E-state index contributed by atoms with van der Waals surface area (Å²) in [5, 5.41) is 0. The second kappa shape index (κ2) is 7.95. The second-order valence-corrected chi connectivity index (χ2v) is 7.77. The number of rotatable bonds is 3. The van der Waals surface area contributed by atoms with Gasteiger partial charge in [-0.05, 0) is 25.1 Å². The van der Waals surface area contributed by atoms with E-state index in [0.29, 0.717) is 13.1 Å². The molecule has 3 aromatic rings. The number of hydrogen-bond acceptors (Lipinski definition) is 6. The summed E-state index contributed by atoms with van der Waals surface area (Å²) in [6.45, 7) is 7.99. The number of aryl methyl sites for hydroxylation is 1. The molecule has 8 heteroatoms. The molecule has 2 aliphatic heterocycles. The lowest BCUT2D eigenvalue weighted by molar-refractivity contribution is 0.0746. The van der Waals surface area contributed by atoms with E-state index >= 15 is 0 Å². The van der Waals surface area contributed by atoms with Gasteiger partial charge in [-0.15, -0.1) is 0 Å². The zero-order valence-corrected chi connectivity index (χ0v) is 17.2. The molecule has 0 spiro atoms. The van der Waals surface area contributed by atoms with E-state index in [1.165, 1.54) is 0 Å². The number of aromatic nitrogens is 3. The number of piperazine rings is 1. The summed E-state index contributed by atoms with van der Waals surface area (Å²) in [6.07, 6.45) is 3.87. The van der Waals surface area contributed by atoms with Crippen LogP contribution in [0, 0.1) is 6.92 Å². The number of ether oxygens (including phenoxy) is 1. The minimum atomic E-state index is 0.0891. The number of fused-ring (bicyclic) bond motifs is 1. The van der Waals surface area contributed by atoms with Gasteiger partial charge in [0.05, 0.1) is 18.8 Å². The van der Waals surface area contributed by atoms with E-state index in [4.69, 9.17) is 4.74 Å². The number of anilines is 2. The van der Waals surface area contributed by atoms with Crippen LogP contribution in [0.2, 0.25) is 0 Å². The van der Waals surface area contributed by atoms with Crippen molar-refractivity contribution in [3.05, 3.63) is 54.1 Å². The fourth-order valence-electron chi connectivity index (χ4n) is 4.15. The first-order valence-corrected chi connectivity index (χ1v) is 10.5. The summed E-state index contributed by atoms with van der Waals surface area (Å²) in [5.41, 5.74) is 1.77. The molecule has 5 heterocycles. The van der Waals surface area contributed by atoms with Gasteiger partial charge in [-0.3, -0.25) is 4.79 Å². The van der Waals surface area contributed by atoms with Crippen molar-refractivity contribution >= 4 is 23.1 Å². The predicted molar refractivity (Wildman–Crippen MR) is 115 cm³/mol. The number of hydrogen-bond donors (Lipinski definition) is 0. The highest BCUT2D eigenvalue weighted by Crippen LogP contribution is 2.22. The Morgan fingerprint density at radius 1 is 0.933 bits per heavy atom. The summed E-state index contributed by atoms with van der Waals surface area (Å²) in [7, 11) is 0. The van der Waals surface area contributed by atoms with Crippen LogP contribution in [0.1, 0.15) is 16.2 Å². The zero-order valence-electron chi connectivity index (χ0n) is 17.2. The Kier molecular flexibility index (Phi) is 5.00. The Morgan fingerprint density at radius 3 is 2.33 bits per heavy atom. The summed E-state index contributed by atoms with van der Waals surface area (Å²) in [5.74, 6) is 2.75. The average molecular weight is 406 g/mol. The van der Waals surface area contributed by atoms with Crippen molar-refractivity contribution in [2.45, 2.75) is 6.92 Å². The van der Waals surface area contributed by atoms with Crippen molar-refractivity contribution < 1.29 is 9.53 Å². The van der Waals surface area contributed by atoms with Crippen LogP contribution in [0.25, 0.3) is 5.52 Å². The van der Waals surface area contributed by atoms with Crippen LogP contribution in [0.4, 0.5) is 11.6 Å². The molecular weight excluding hydrogens is 380 g/mol. The molecule has 156 valence electrons. The normalized spacial score (nSPS) is 17.6. The number of amides is 1. The fourth-order valence-corrected chi connectivity index (χ4v) is 4.15. The SMILES string of the molecule is Cc1nc(N2CCOCC2)cc(N2CCN(C(=O)c3cc4ccccn4c3)CC2)n1. The molecule has 2 fully saturated rings. The summed E-state index contributed by atoms with van der Waals surface area (Å²) >= 11 is 0. The molecule has 0 N–H and O–H groups in total. The third-order valence-electron chi connectivity index (χ3n) is 5.79. The van der Waals surface area contributed by atoms with E-state index in [9.17, 15) is 4.79 Å². The molecular formula is C22H26N6O2. The third kappa shape index (κ3) is 3.70. The minimum absolute atomic E-state index is 0.0891. The van der Waals surface area contributed by atoms with Gasteiger partial charge in [0.25, 0.3) is 5.91 Å². The van der Waals surface area contributed by atoms with Gasteiger partial charge in [-0.25, -0.2) is 9.97 Å². The summed E-state index contributed by atoms with van der Waals surface area (Å²) in [4.78, 5) is 28.7. The first-order chi connectivity index (χ1) is 14.7. The van der Waals surface area contributed by atoms with Crippen LogP contribution >= 0.6 is 0 Å². The zero-order chi connectivity index (χ0) is 20.5. The van der Waals surface area contributed by atoms with E-state index < -0.39 is 0 Å². The Hall–Kier alpha value is -3.13. The van der Waals surface area contributed by atoms with Crippen molar-refractivity contribution in [2.24, 2.45) is 0 Å². The maximum absolute atomic E-state index is 13.0. The predicted octanol–water partition coefficient (Wildman–Crippen LogP) is 1.84. The van der Waals surface area contributed by atoms with Gasteiger partial charge in [0.1, 0.15) is 17.5 Å². The van der Waals surface area contributed by atoms with Crippen molar-refractivity contribution in [1.29, 1.82) is 0 Å². The highest BCUT2D eigenvalue weighted by atomic mass is 16.5. The van der Waals surface area contributed by atoms with Crippen molar-refractivity contribution in [3.8, 4) is 0 Å². The van der Waals surface area contributed by atoms with Crippen molar-refractivity contribution in [3.63, 3.8) is 0 Å².